The number of aliphatic hydroxyl groups is 1. The van der Waals surface area contributed by atoms with Crippen molar-refractivity contribution in [1.29, 1.82) is 0 Å². The van der Waals surface area contributed by atoms with Gasteiger partial charge in [0.1, 0.15) is 0 Å². The normalized spacial score (nSPS) is 15.9. The molecule has 0 saturated heterocycles. The molecule has 4 nitrogen and oxygen atoms in total. The molecule has 0 bridgehead atoms. The lowest BCUT2D eigenvalue weighted by atomic mass is 10.2. The lowest BCUT2D eigenvalue weighted by molar-refractivity contribution is 0.0633. The van der Waals surface area contributed by atoms with Crippen LogP contribution in [0.5, 0.6) is 0 Å². The quantitative estimate of drug-likeness (QED) is 0.163. The second kappa shape index (κ2) is 13.4. The Labute approximate surface area is 198 Å². The third-order valence-electron chi connectivity index (χ3n) is 7.73. The fraction of sp³-hybridized carbons (Fsp3) is 1.00. The highest BCUT2D eigenvalue weighted by Crippen LogP contribution is 2.43. The van der Waals surface area contributed by atoms with Crippen molar-refractivity contribution >= 4 is 24.7 Å². The van der Waals surface area contributed by atoms with E-state index in [0.717, 1.165) is 32.3 Å². The van der Waals surface area contributed by atoms with E-state index >= 15 is 0 Å². The summed E-state index contributed by atoms with van der Waals surface area (Å²) in [6.07, 6.45) is 6.67. The maximum Gasteiger partial charge on any atom is 0.216 e. The third kappa shape index (κ3) is 8.98. The first-order valence-electron chi connectivity index (χ1n) is 12.8. The van der Waals surface area contributed by atoms with Crippen molar-refractivity contribution in [2.24, 2.45) is 0 Å². The van der Waals surface area contributed by atoms with Crippen molar-refractivity contribution in [3.05, 3.63) is 0 Å². The number of hydrogen-bond acceptors (Lipinski definition) is 4. The molecule has 0 spiro atoms. The summed E-state index contributed by atoms with van der Waals surface area (Å²) in [5, 5.41) is 8.75. The minimum absolute atomic E-state index is 0.0331. The van der Waals surface area contributed by atoms with Crippen LogP contribution in [0, 0.1) is 0 Å². The molecule has 0 aromatic heterocycles. The highest BCUT2D eigenvalue weighted by atomic mass is 28.4. The van der Waals surface area contributed by atoms with Crippen LogP contribution in [-0.2, 0) is 13.6 Å². The Morgan fingerprint density at radius 3 is 1.77 bits per heavy atom. The highest BCUT2D eigenvalue weighted by molar-refractivity contribution is 6.83. The molecule has 0 aromatic carbocycles. The summed E-state index contributed by atoms with van der Waals surface area (Å²) in [4.78, 5) is 0. The molecule has 0 fully saturated rings. The Morgan fingerprint density at radius 2 is 1.32 bits per heavy atom. The molecule has 0 radical (unpaired) electrons. The van der Waals surface area contributed by atoms with E-state index in [1.54, 1.807) is 0 Å². The molecular weight excluding hydrogens is 437 g/mol. The molecule has 0 aromatic rings. The number of rotatable bonds is 18. The molecule has 0 heterocycles. The van der Waals surface area contributed by atoms with E-state index < -0.39 is 24.7 Å². The zero-order valence-electron chi connectivity index (χ0n) is 23.0. The van der Waals surface area contributed by atoms with Gasteiger partial charge in [0.2, 0.25) is 8.32 Å². The number of unbranched alkanes of at least 4 members (excludes halogenated alkanes) is 1. The Bertz CT molecular complexity index is 493. The lowest BCUT2D eigenvalue weighted by Crippen LogP contribution is -2.67. The van der Waals surface area contributed by atoms with Crippen LogP contribution in [0.25, 0.3) is 0 Å². The van der Waals surface area contributed by atoms with Crippen molar-refractivity contribution in [2.45, 2.75) is 135 Å². The van der Waals surface area contributed by atoms with E-state index in [4.69, 9.17) is 18.7 Å². The molecule has 188 valence electrons. The van der Waals surface area contributed by atoms with Gasteiger partial charge in [0.25, 0.3) is 0 Å². The molecule has 0 aliphatic rings. The van der Waals surface area contributed by atoms with Crippen LogP contribution in [-0.4, -0.2) is 60.1 Å². The van der Waals surface area contributed by atoms with Crippen molar-refractivity contribution in [3.63, 3.8) is 0 Å². The summed E-state index contributed by atoms with van der Waals surface area (Å²) < 4.78 is 20.0. The van der Waals surface area contributed by atoms with Crippen LogP contribution in [0.3, 0.4) is 0 Å². The molecule has 0 amide bonds. The highest BCUT2D eigenvalue weighted by Gasteiger charge is 2.54. The molecule has 1 atom stereocenters. The second-order valence-electron chi connectivity index (χ2n) is 11.2. The van der Waals surface area contributed by atoms with Crippen LogP contribution in [0.2, 0.25) is 51.4 Å². The van der Waals surface area contributed by atoms with Gasteiger partial charge in [-0.05, 0) is 64.8 Å². The van der Waals surface area contributed by atoms with Gasteiger partial charge in [0.05, 0.1) is 26.5 Å². The van der Waals surface area contributed by atoms with Gasteiger partial charge in [-0.2, -0.15) is 0 Å². The first-order chi connectivity index (χ1) is 14.2. The number of aliphatic hydroxyl groups excluding tert-OH is 1. The second-order valence-corrected chi connectivity index (χ2v) is 24.9. The smallest absolute Gasteiger partial charge is 0.216 e. The SMILES string of the molecule is CCCC[Si](C)(C)OC(C)(CC)[Si](C)(C)OC(CC)(CC)[Si](C)(C)CCCOCCO. The average Bonchev–Trinajstić information content (AvgIpc) is 2.69. The Hall–Kier alpha value is 0.491. The lowest BCUT2D eigenvalue weighted by Gasteiger charge is -2.54. The molecule has 0 aliphatic heterocycles. The van der Waals surface area contributed by atoms with Crippen LogP contribution < -0.4 is 0 Å². The van der Waals surface area contributed by atoms with E-state index in [9.17, 15) is 0 Å². The van der Waals surface area contributed by atoms with Gasteiger partial charge in [-0.25, -0.2) is 0 Å². The molecule has 0 rings (SSSR count). The standard InChI is InChI=1S/C24H56O4Si3/c1-12-16-22-30(8,9)27-23(5,13-2)31(10,11)28-24(14-3,15-4)29(6,7)21-17-19-26-20-18-25/h25H,12-22H2,1-11H3. The van der Waals surface area contributed by atoms with Crippen molar-refractivity contribution in [1.82, 2.24) is 0 Å². The van der Waals surface area contributed by atoms with Gasteiger partial charge in [-0.15, -0.1) is 0 Å². The summed E-state index contributed by atoms with van der Waals surface area (Å²) in [6.45, 7) is 27.4. The predicted octanol–water partition coefficient (Wildman–Crippen LogP) is 7.14. The monoisotopic (exact) mass is 492 g/mol. The predicted molar refractivity (Wildman–Crippen MR) is 144 cm³/mol. The van der Waals surface area contributed by atoms with E-state index in [0.29, 0.717) is 6.61 Å². The van der Waals surface area contributed by atoms with Gasteiger partial charge >= 0.3 is 0 Å². The van der Waals surface area contributed by atoms with Gasteiger partial charge < -0.3 is 18.7 Å². The number of ether oxygens (including phenoxy) is 1. The van der Waals surface area contributed by atoms with Gasteiger partial charge in [-0.1, -0.05) is 59.7 Å². The van der Waals surface area contributed by atoms with Gasteiger partial charge in [0.15, 0.2) is 8.32 Å². The molecule has 0 aliphatic carbocycles. The van der Waals surface area contributed by atoms with Gasteiger partial charge in [0, 0.05) is 11.8 Å². The van der Waals surface area contributed by atoms with E-state index in [-0.39, 0.29) is 17.1 Å². The number of hydrogen-bond donors (Lipinski definition) is 1. The fourth-order valence-corrected chi connectivity index (χ4v) is 17.1. The topological polar surface area (TPSA) is 47.9 Å². The zero-order chi connectivity index (χ0) is 24.4. The fourth-order valence-electron chi connectivity index (χ4n) is 4.98. The first-order valence-corrected chi connectivity index (χ1v) is 22.0. The largest absolute Gasteiger partial charge is 0.412 e. The van der Waals surface area contributed by atoms with Crippen LogP contribution in [0.15, 0.2) is 0 Å². The van der Waals surface area contributed by atoms with Crippen LogP contribution >= 0.6 is 0 Å². The molecule has 31 heavy (non-hydrogen) atoms. The minimum atomic E-state index is -2.17. The molecular formula is C24H56O4Si3. The molecule has 0 saturated carbocycles. The summed E-state index contributed by atoms with van der Waals surface area (Å²) >= 11 is 0. The molecule has 1 unspecified atom stereocenters. The Kier molecular flexibility index (Phi) is 13.6. The average molecular weight is 493 g/mol. The Morgan fingerprint density at radius 1 is 0.742 bits per heavy atom. The van der Waals surface area contributed by atoms with Crippen molar-refractivity contribution in [3.8, 4) is 0 Å². The third-order valence-corrected chi connectivity index (χ3v) is 19.5. The van der Waals surface area contributed by atoms with Gasteiger partial charge in [-0.3, -0.25) is 0 Å². The molecule has 7 heteroatoms. The maximum atomic E-state index is 8.95. The summed E-state index contributed by atoms with van der Waals surface area (Å²) in [7, 11) is -5.61. The summed E-state index contributed by atoms with van der Waals surface area (Å²) in [5.74, 6) is 0. The Balaban J connectivity index is 5.65. The van der Waals surface area contributed by atoms with Crippen LogP contribution in [0.4, 0.5) is 0 Å². The first kappa shape index (κ1) is 31.5. The zero-order valence-corrected chi connectivity index (χ0v) is 26.0. The van der Waals surface area contributed by atoms with Crippen molar-refractivity contribution < 1.29 is 18.7 Å². The van der Waals surface area contributed by atoms with Crippen molar-refractivity contribution in [2.75, 3.05) is 19.8 Å². The summed E-state index contributed by atoms with van der Waals surface area (Å²) in [6, 6.07) is 2.41. The molecule has 1 N–H and O–H groups in total. The van der Waals surface area contributed by atoms with E-state index in [2.05, 4.69) is 73.9 Å². The summed E-state index contributed by atoms with van der Waals surface area (Å²) in [5.41, 5.74) is 0. The van der Waals surface area contributed by atoms with Crippen LogP contribution in [0.1, 0.15) is 73.1 Å². The van der Waals surface area contributed by atoms with E-state index in [1.807, 2.05) is 0 Å². The minimum Gasteiger partial charge on any atom is -0.412 e. The van der Waals surface area contributed by atoms with E-state index in [1.165, 1.54) is 24.9 Å². The maximum absolute atomic E-state index is 8.95.